The number of nitrogens with one attached hydrogen (secondary N) is 2. The first-order valence-corrected chi connectivity index (χ1v) is 17.9. The molecule has 4 aliphatic rings. The van der Waals surface area contributed by atoms with Crippen molar-refractivity contribution in [1.29, 1.82) is 0 Å². The number of carbonyl (C=O) groups is 3. The van der Waals surface area contributed by atoms with Crippen LogP contribution in [0.5, 0.6) is 0 Å². The number of urea groups is 1. The number of hydrogen-bond donors (Lipinski definition) is 2. The van der Waals surface area contributed by atoms with Crippen molar-refractivity contribution in [1.82, 2.24) is 29.8 Å². The SMILES string of the molecule is Cc1cc([C@@H](C)C(OC(=O)N2CCC(N3CCc4ccccc4NC3=O)CC2)C(=O)N2CCC(N3CCCCC3)CC2)cc2cn[nH]c12. The normalized spacial score (nSPS) is 21.4. The molecule has 3 saturated heterocycles. The van der Waals surface area contributed by atoms with Gasteiger partial charge in [-0.15, -0.1) is 0 Å². The summed E-state index contributed by atoms with van der Waals surface area (Å²) in [6.45, 7) is 9.24. The predicted octanol–water partition coefficient (Wildman–Crippen LogP) is 5.51. The van der Waals surface area contributed by atoms with Crippen molar-refractivity contribution >= 4 is 34.6 Å². The minimum Gasteiger partial charge on any atom is -0.435 e. The molecule has 0 radical (unpaired) electrons. The summed E-state index contributed by atoms with van der Waals surface area (Å²) in [5, 5.41) is 11.3. The van der Waals surface area contributed by atoms with Gasteiger partial charge in [-0.3, -0.25) is 9.89 Å². The van der Waals surface area contributed by atoms with E-state index in [0.29, 0.717) is 51.6 Å². The van der Waals surface area contributed by atoms with E-state index in [-0.39, 0.29) is 23.9 Å². The second kappa shape index (κ2) is 14.2. The Balaban J connectivity index is 1.02. The lowest BCUT2D eigenvalue weighted by atomic mass is 9.91. The summed E-state index contributed by atoms with van der Waals surface area (Å²) in [6, 6.07) is 12.5. The molecule has 0 spiro atoms. The third-order valence-electron chi connectivity index (χ3n) is 11.2. The van der Waals surface area contributed by atoms with Crippen LogP contribution in [0.1, 0.15) is 74.5 Å². The number of anilines is 1. The van der Waals surface area contributed by atoms with Gasteiger partial charge in [0.25, 0.3) is 5.91 Å². The van der Waals surface area contributed by atoms with Gasteiger partial charge in [0, 0.05) is 61.8 Å². The molecule has 1 aromatic heterocycles. The highest BCUT2D eigenvalue weighted by Crippen LogP contribution is 2.31. The van der Waals surface area contributed by atoms with Crippen LogP contribution < -0.4 is 5.32 Å². The molecule has 4 amide bonds. The zero-order valence-electron chi connectivity index (χ0n) is 28.3. The summed E-state index contributed by atoms with van der Waals surface area (Å²) >= 11 is 0. The number of likely N-dealkylation sites (tertiary alicyclic amines) is 3. The number of benzene rings is 2. The molecule has 1 unspecified atom stereocenters. The zero-order valence-corrected chi connectivity index (χ0v) is 28.3. The van der Waals surface area contributed by atoms with Gasteiger partial charge in [0.1, 0.15) is 0 Å². The van der Waals surface area contributed by atoms with Crippen molar-refractivity contribution < 1.29 is 19.1 Å². The van der Waals surface area contributed by atoms with E-state index in [0.717, 1.165) is 65.6 Å². The maximum Gasteiger partial charge on any atom is 0.410 e. The van der Waals surface area contributed by atoms with E-state index in [1.807, 2.05) is 47.9 Å². The van der Waals surface area contributed by atoms with Crippen LogP contribution in [0.3, 0.4) is 0 Å². The molecule has 4 aliphatic heterocycles. The highest BCUT2D eigenvalue weighted by atomic mass is 16.6. The largest absolute Gasteiger partial charge is 0.435 e. The Kier molecular flexibility index (Phi) is 9.57. The number of piperidine rings is 3. The number of para-hydroxylation sites is 1. The molecular weight excluding hydrogens is 606 g/mol. The molecule has 3 fully saturated rings. The van der Waals surface area contributed by atoms with E-state index in [2.05, 4.69) is 32.5 Å². The van der Waals surface area contributed by atoms with Crippen LogP contribution in [-0.4, -0.2) is 112 Å². The molecular formula is C37H49N7O4. The second-order valence-corrected chi connectivity index (χ2v) is 14.2. The van der Waals surface area contributed by atoms with Crippen molar-refractivity contribution in [3.8, 4) is 0 Å². The van der Waals surface area contributed by atoms with Crippen LogP contribution in [0.25, 0.3) is 10.9 Å². The number of amides is 4. The first-order chi connectivity index (χ1) is 23.4. The van der Waals surface area contributed by atoms with Crippen molar-refractivity contribution in [2.24, 2.45) is 0 Å². The van der Waals surface area contributed by atoms with Gasteiger partial charge in [0.15, 0.2) is 6.10 Å². The number of fused-ring (bicyclic) bond motifs is 2. The number of aromatic nitrogens is 2. The molecule has 2 aromatic carbocycles. The summed E-state index contributed by atoms with van der Waals surface area (Å²) in [7, 11) is 0. The molecule has 11 heteroatoms. The summed E-state index contributed by atoms with van der Waals surface area (Å²) in [4.78, 5) is 49.4. The summed E-state index contributed by atoms with van der Waals surface area (Å²) in [6.07, 6.45) is 8.21. The molecule has 2 N–H and O–H groups in total. The monoisotopic (exact) mass is 655 g/mol. The third kappa shape index (κ3) is 6.74. The Labute approximate surface area is 282 Å². The number of carbonyl (C=O) groups excluding carboxylic acids is 3. The lowest BCUT2D eigenvalue weighted by molar-refractivity contribution is -0.143. The van der Waals surface area contributed by atoms with Gasteiger partial charge in [-0.1, -0.05) is 37.6 Å². The van der Waals surface area contributed by atoms with Crippen LogP contribution in [0.2, 0.25) is 0 Å². The number of aryl methyl sites for hydroxylation is 1. The summed E-state index contributed by atoms with van der Waals surface area (Å²) in [5.41, 5.74) is 4.96. The molecule has 0 bridgehead atoms. The molecule has 2 atom stereocenters. The van der Waals surface area contributed by atoms with Gasteiger partial charge >= 0.3 is 12.1 Å². The number of nitrogens with zero attached hydrogens (tertiary/aromatic N) is 5. The van der Waals surface area contributed by atoms with Crippen LogP contribution in [-0.2, 0) is 16.0 Å². The number of hydrogen-bond acceptors (Lipinski definition) is 6. The molecule has 0 saturated carbocycles. The van der Waals surface area contributed by atoms with Crippen molar-refractivity contribution in [2.75, 3.05) is 51.1 Å². The maximum atomic E-state index is 14.3. The fourth-order valence-corrected chi connectivity index (χ4v) is 8.26. The van der Waals surface area contributed by atoms with Crippen molar-refractivity contribution in [2.45, 2.75) is 89.3 Å². The first-order valence-electron chi connectivity index (χ1n) is 17.9. The highest BCUT2D eigenvalue weighted by Gasteiger charge is 2.39. The zero-order chi connectivity index (χ0) is 33.2. The predicted molar refractivity (Wildman–Crippen MR) is 185 cm³/mol. The molecule has 7 rings (SSSR count). The Morgan fingerprint density at radius 2 is 1.60 bits per heavy atom. The van der Waals surface area contributed by atoms with E-state index in [1.165, 1.54) is 19.3 Å². The Hall–Kier alpha value is -4.12. The van der Waals surface area contributed by atoms with Gasteiger partial charge in [0.2, 0.25) is 0 Å². The fraction of sp³-hybridized carbons (Fsp3) is 0.568. The average Bonchev–Trinajstić information content (AvgIpc) is 3.54. The Bertz CT molecular complexity index is 1620. The van der Waals surface area contributed by atoms with Gasteiger partial charge in [0.05, 0.1) is 11.7 Å². The van der Waals surface area contributed by atoms with E-state index in [9.17, 15) is 14.4 Å². The number of aromatic amines is 1. The smallest absolute Gasteiger partial charge is 0.410 e. The van der Waals surface area contributed by atoms with Crippen LogP contribution >= 0.6 is 0 Å². The fourth-order valence-electron chi connectivity index (χ4n) is 8.26. The van der Waals surface area contributed by atoms with Gasteiger partial charge in [-0.25, -0.2) is 9.59 Å². The van der Waals surface area contributed by atoms with Crippen LogP contribution in [0.15, 0.2) is 42.6 Å². The molecule has 256 valence electrons. The van der Waals surface area contributed by atoms with E-state index in [1.54, 1.807) is 11.1 Å². The first kappa shape index (κ1) is 32.4. The highest BCUT2D eigenvalue weighted by molar-refractivity contribution is 5.91. The second-order valence-electron chi connectivity index (χ2n) is 14.2. The van der Waals surface area contributed by atoms with Gasteiger partial charge in [-0.2, -0.15) is 5.10 Å². The topological polar surface area (TPSA) is 114 Å². The van der Waals surface area contributed by atoms with Crippen LogP contribution in [0.4, 0.5) is 15.3 Å². The van der Waals surface area contributed by atoms with E-state index < -0.39 is 12.2 Å². The molecule has 3 aromatic rings. The summed E-state index contributed by atoms with van der Waals surface area (Å²) in [5.74, 6) is -0.465. The quantitative estimate of drug-likeness (QED) is 0.362. The number of rotatable bonds is 6. The van der Waals surface area contributed by atoms with E-state index >= 15 is 0 Å². The molecule has 11 nitrogen and oxygen atoms in total. The third-order valence-corrected chi connectivity index (χ3v) is 11.2. The molecule has 0 aliphatic carbocycles. The Morgan fingerprint density at radius 3 is 2.38 bits per heavy atom. The lowest BCUT2D eigenvalue weighted by Crippen LogP contribution is -2.53. The standard InChI is InChI=1S/C37H49N7O4/c1-25-22-28(23-29-24-38-40-33(25)29)26(2)34(35(45)42-17-11-30(12-18-42)41-15-6-3-7-16-41)48-37(47)43-19-13-31(14-20-43)44-21-10-27-8-4-5-9-32(27)39-36(44)46/h4-5,8-9,22-24,26,30-31,34H,3,6-7,10-21H2,1-2H3,(H,38,40)(H,39,46)/t26-,34?/m1/s1. The van der Waals surface area contributed by atoms with Gasteiger partial charge in [-0.05, 0) is 93.8 Å². The number of H-pyrrole nitrogens is 1. The molecule has 48 heavy (non-hydrogen) atoms. The maximum absolute atomic E-state index is 14.3. The van der Waals surface area contributed by atoms with E-state index in [4.69, 9.17) is 4.74 Å². The van der Waals surface area contributed by atoms with Gasteiger partial charge < -0.3 is 29.7 Å². The van der Waals surface area contributed by atoms with Crippen LogP contribution in [0, 0.1) is 6.92 Å². The minimum atomic E-state index is -0.944. The van der Waals surface area contributed by atoms with Crippen molar-refractivity contribution in [3.63, 3.8) is 0 Å². The average molecular weight is 656 g/mol. The van der Waals surface area contributed by atoms with Crippen molar-refractivity contribution in [3.05, 3.63) is 59.3 Å². The molecule has 5 heterocycles. The summed E-state index contributed by atoms with van der Waals surface area (Å²) < 4.78 is 6.23. The number of ether oxygens (including phenoxy) is 1. The minimum absolute atomic E-state index is 0.0329. The lowest BCUT2D eigenvalue weighted by Gasteiger charge is -2.41. The Morgan fingerprint density at radius 1 is 0.896 bits per heavy atom.